The number of carboxylic acids is 1. The molecule has 1 aliphatic rings. The van der Waals surface area contributed by atoms with Crippen LogP contribution in [0.4, 0.5) is 5.69 Å². The SMILES string of the molecule is O=C(O)c1ccc(Cl)cc1N1C(=O)CCCC1=O. The number of carbonyl (C=O) groups is 3. The molecule has 0 radical (unpaired) electrons. The lowest BCUT2D eigenvalue weighted by molar-refractivity contribution is -0.129. The number of piperidine rings is 1. The van der Waals surface area contributed by atoms with E-state index in [-0.39, 0.29) is 29.1 Å². The fraction of sp³-hybridized carbons (Fsp3) is 0.250. The van der Waals surface area contributed by atoms with E-state index in [1.54, 1.807) is 0 Å². The lowest BCUT2D eigenvalue weighted by Gasteiger charge is -2.26. The second kappa shape index (κ2) is 4.78. The van der Waals surface area contributed by atoms with Crippen LogP contribution in [0.5, 0.6) is 0 Å². The monoisotopic (exact) mass is 267 g/mol. The van der Waals surface area contributed by atoms with Gasteiger partial charge in [-0.25, -0.2) is 9.69 Å². The van der Waals surface area contributed by atoms with Crippen LogP contribution in [0.1, 0.15) is 29.6 Å². The second-order valence-electron chi connectivity index (χ2n) is 3.94. The first-order chi connectivity index (χ1) is 8.50. The number of aromatic carboxylic acids is 1. The molecule has 18 heavy (non-hydrogen) atoms. The quantitative estimate of drug-likeness (QED) is 0.833. The van der Waals surface area contributed by atoms with Gasteiger partial charge < -0.3 is 5.11 Å². The molecule has 1 fully saturated rings. The number of carbonyl (C=O) groups excluding carboxylic acids is 2. The van der Waals surface area contributed by atoms with Gasteiger partial charge in [0.05, 0.1) is 11.3 Å². The number of anilines is 1. The van der Waals surface area contributed by atoms with Crippen LogP contribution in [0.25, 0.3) is 0 Å². The summed E-state index contributed by atoms with van der Waals surface area (Å²) in [4.78, 5) is 35.5. The first kappa shape index (κ1) is 12.6. The zero-order valence-corrected chi connectivity index (χ0v) is 10.1. The van der Waals surface area contributed by atoms with E-state index in [4.69, 9.17) is 16.7 Å². The molecule has 1 heterocycles. The summed E-state index contributed by atoms with van der Waals surface area (Å²) >= 11 is 5.79. The predicted octanol–water partition coefficient (Wildman–Crippen LogP) is 2.08. The molecule has 1 N–H and O–H groups in total. The van der Waals surface area contributed by atoms with E-state index in [9.17, 15) is 14.4 Å². The van der Waals surface area contributed by atoms with Gasteiger partial charge in [0.15, 0.2) is 0 Å². The Morgan fingerprint density at radius 2 is 1.83 bits per heavy atom. The molecule has 0 aliphatic carbocycles. The molecular weight excluding hydrogens is 258 g/mol. The molecule has 0 spiro atoms. The fourth-order valence-corrected chi connectivity index (χ4v) is 2.06. The smallest absolute Gasteiger partial charge is 0.337 e. The lowest BCUT2D eigenvalue weighted by Crippen LogP contribution is -2.41. The zero-order valence-electron chi connectivity index (χ0n) is 9.35. The summed E-state index contributed by atoms with van der Waals surface area (Å²) in [5.41, 5.74) is -0.0623. The minimum absolute atomic E-state index is 0.0460. The lowest BCUT2D eigenvalue weighted by atomic mass is 10.1. The normalized spacial score (nSPS) is 15.9. The summed E-state index contributed by atoms with van der Waals surface area (Å²) in [5.74, 6) is -1.99. The van der Waals surface area contributed by atoms with Gasteiger partial charge in [-0.05, 0) is 24.6 Å². The van der Waals surface area contributed by atoms with Gasteiger partial charge in [-0.2, -0.15) is 0 Å². The third kappa shape index (κ3) is 2.22. The van der Waals surface area contributed by atoms with Gasteiger partial charge in [0.1, 0.15) is 0 Å². The number of rotatable bonds is 2. The molecule has 0 atom stereocenters. The number of hydrogen-bond donors (Lipinski definition) is 1. The van der Waals surface area contributed by atoms with Crippen LogP contribution < -0.4 is 4.90 Å². The zero-order chi connectivity index (χ0) is 13.3. The Bertz CT molecular complexity index is 525. The third-order valence-corrected chi connectivity index (χ3v) is 2.95. The molecule has 0 saturated carbocycles. The highest BCUT2D eigenvalue weighted by molar-refractivity contribution is 6.31. The van der Waals surface area contributed by atoms with Crippen LogP contribution in [-0.2, 0) is 9.59 Å². The summed E-state index contributed by atoms with van der Waals surface area (Å²) in [6.45, 7) is 0. The standard InChI is InChI=1S/C12H10ClNO4/c13-7-4-5-8(12(17)18)9(6-7)14-10(15)2-1-3-11(14)16/h4-6H,1-3H2,(H,17,18). The first-order valence-electron chi connectivity index (χ1n) is 5.39. The third-order valence-electron chi connectivity index (χ3n) is 2.71. The van der Waals surface area contributed by atoms with E-state index < -0.39 is 17.8 Å². The van der Waals surface area contributed by atoms with Gasteiger partial charge in [0.2, 0.25) is 11.8 Å². The Labute approximate surface area is 108 Å². The molecule has 0 bridgehead atoms. The van der Waals surface area contributed by atoms with E-state index in [2.05, 4.69) is 0 Å². The van der Waals surface area contributed by atoms with Crippen molar-refractivity contribution in [2.24, 2.45) is 0 Å². The molecule has 1 aliphatic heterocycles. The maximum atomic E-state index is 11.8. The Morgan fingerprint density at radius 1 is 1.22 bits per heavy atom. The fourth-order valence-electron chi connectivity index (χ4n) is 1.89. The van der Waals surface area contributed by atoms with Gasteiger partial charge in [0, 0.05) is 17.9 Å². The number of nitrogens with zero attached hydrogens (tertiary/aromatic N) is 1. The van der Waals surface area contributed by atoms with Gasteiger partial charge >= 0.3 is 5.97 Å². The van der Waals surface area contributed by atoms with Crippen molar-refractivity contribution in [3.8, 4) is 0 Å². The average Bonchev–Trinajstić information content (AvgIpc) is 2.28. The molecule has 1 aromatic carbocycles. The average molecular weight is 268 g/mol. The van der Waals surface area contributed by atoms with E-state index in [1.807, 2.05) is 0 Å². The van der Waals surface area contributed by atoms with Crippen molar-refractivity contribution in [3.05, 3.63) is 28.8 Å². The number of amides is 2. The van der Waals surface area contributed by atoms with Crippen molar-refractivity contribution in [1.29, 1.82) is 0 Å². The summed E-state index contributed by atoms with van der Waals surface area (Å²) in [6.07, 6.45) is 0.964. The molecule has 1 aromatic rings. The predicted molar refractivity (Wildman–Crippen MR) is 64.8 cm³/mol. The highest BCUT2D eigenvalue weighted by Crippen LogP contribution is 2.28. The number of imide groups is 1. The first-order valence-corrected chi connectivity index (χ1v) is 5.77. The molecule has 6 heteroatoms. The van der Waals surface area contributed by atoms with Crippen molar-refractivity contribution in [1.82, 2.24) is 0 Å². The van der Waals surface area contributed by atoms with Crippen LogP contribution in [-0.4, -0.2) is 22.9 Å². The Kier molecular flexibility index (Phi) is 3.34. The number of hydrogen-bond acceptors (Lipinski definition) is 3. The summed E-state index contributed by atoms with van der Waals surface area (Å²) in [7, 11) is 0. The summed E-state index contributed by atoms with van der Waals surface area (Å²) < 4.78 is 0. The van der Waals surface area contributed by atoms with Gasteiger partial charge in [-0.1, -0.05) is 11.6 Å². The molecule has 5 nitrogen and oxygen atoms in total. The molecule has 2 amide bonds. The van der Waals surface area contributed by atoms with Crippen LogP contribution in [0.3, 0.4) is 0 Å². The molecule has 1 saturated heterocycles. The van der Waals surface area contributed by atoms with Crippen molar-refractivity contribution < 1.29 is 19.5 Å². The summed E-state index contributed by atoms with van der Waals surface area (Å²) in [5, 5.41) is 9.35. The van der Waals surface area contributed by atoms with Gasteiger partial charge in [0.25, 0.3) is 0 Å². The Hall–Kier alpha value is -1.88. The van der Waals surface area contributed by atoms with Crippen LogP contribution >= 0.6 is 11.6 Å². The number of halogens is 1. The van der Waals surface area contributed by atoms with Crippen molar-refractivity contribution in [2.45, 2.75) is 19.3 Å². The molecule has 2 rings (SSSR count). The highest BCUT2D eigenvalue weighted by atomic mass is 35.5. The van der Waals surface area contributed by atoms with Crippen LogP contribution in [0, 0.1) is 0 Å². The van der Waals surface area contributed by atoms with Crippen LogP contribution in [0.2, 0.25) is 5.02 Å². The summed E-state index contributed by atoms with van der Waals surface area (Å²) in [6, 6.07) is 4.02. The molecule has 94 valence electrons. The Morgan fingerprint density at radius 3 is 2.39 bits per heavy atom. The minimum atomic E-state index is -1.20. The second-order valence-corrected chi connectivity index (χ2v) is 4.38. The molecule has 0 aromatic heterocycles. The van der Waals surface area contributed by atoms with Crippen molar-refractivity contribution in [3.63, 3.8) is 0 Å². The number of benzene rings is 1. The van der Waals surface area contributed by atoms with Gasteiger partial charge in [-0.3, -0.25) is 9.59 Å². The van der Waals surface area contributed by atoms with E-state index in [1.165, 1.54) is 18.2 Å². The molecule has 0 unspecified atom stereocenters. The van der Waals surface area contributed by atoms with E-state index in [0.29, 0.717) is 6.42 Å². The van der Waals surface area contributed by atoms with E-state index in [0.717, 1.165) is 4.90 Å². The maximum absolute atomic E-state index is 11.8. The molecular formula is C12H10ClNO4. The van der Waals surface area contributed by atoms with Crippen molar-refractivity contribution in [2.75, 3.05) is 4.90 Å². The largest absolute Gasteiger partial charge is 0.478 e. The maximum Gasteiger partial charge on any atom is 0.337 e. The number of carboxylic acid groups (broad SMARTS) is 1. The minimum Gasteiger partial charge on any atom is -0.478 e. The van der Waals surface area contributed by atoms with Crippen LogP contribution in [0.15, 0.2) is 18.2 Å². The van der Waals surface area contributed by atoms with E-state index >= 15 is 0 Å². The highest BCUT2D eigenvalue weighted by Gasteiger charge is 2.30. The van der Waals surface area contributed by atoms with Crippen molar-refractivity contribution >= 4 is 35.1 Å². The Balaban J connectivity index is 2.54. The van der Waals surface area contributed by atoms with Gasteiger partial charge in [-0.15, -0.1) is 0 Å². The topological polar surface area (TPSA) is 74.7 Å².